The molecule has 0 amide bonds. The molecule has 0 saturated heterocycles. The molecule has 2 N–H and O–H groups in total. The molecule has 74 valence electrons. The number of allylic oxidation sites excluding steroid dienone is 2. The Labute approximate surface area is 91.3 Å². The van der Waals surface area contributed by atoms with Gasteiger partial charge in [-0.25, -0.2) is 0 Å². The maximum atomic E-state index is 6.07. The minimum absolute atomic E-state index is 0.120. The first-order valence-corrected chi connectivity index (χ1v) is 5.01. The van der Waals surface area contributed by atoms with Crippen molar-refractivity contribution in [2.45, 2.75) is 18.8 Å². The average molecular weight is 196 g/mol. The molecular formula is C12H13BN2. The molecule has 0 saturated carbocycles. The fraction of sp³-hybridized carbons (Fsp3) is 0.250. The van der Waals surface area contributed by atoms with E-state index in [-0.39, 0.29) is 11.9 Å². The average Bonchev–Trinajstić information content (AvgIpc) is 2.26. The van der Waals surface area contributed by atoms with Gasteiger partial charge in [-0.15, -0.1) is 0 Å². The van der Waals surface area contributed by atoms with Crippen molar-refractivity contribution in [2.24, 2.45) is 5.73 Å². The largest absolute Gasteiger partial charge is 0.325 e. The van der Waals surface area contributed by atoms with Gasteiger partial charge in [-0.2, -0.15) is 0 Å². The first-order valence-electron chi connectivity index (χ1n) is 5.01. The van der Waals surface area contributed by atoms with Crippen LogP contribution in [-0.2, 0) is 0 Å². The molecule has 2 rings (SSSR count). The topological polar surface area (TPSA) is 38.9 Å². The Morgan fingerprint density at radius 1 is 1.40 bits per heavy atom. The molecular weight excluding hydrogens is 183 g/mol. The Hall–Kier alpha value is -1.35. The fourth-order valence-electron chi connectivity index (χ4n) is 1.82. The van der Waals surface area contributed by atoms with Gasteiger partial charge in [0.25, 0.3) is 0 Å². The van der Waals surface area contributed by atoms with Crippen molar-refractivity contribution >= 4 is 13.4 Å². The van der Waals surface area contributed by atoms with Crippen LogP contribution in [0.15, 0.2) is 42.1 Å². The maximum Gasteiger partial charge on any atom is 0.0790 e. The van der Waals surface area contributed by atoms with Crippen LogP contribution in [0.4, 0.5) is 0 Å². The Morgan fingerprint density at radius 2 is 2.20 bits per heavy atom. The lowest BCUT2D eigenvalue weighted by atomic mass is 9.70. The normalized spacial score (nSPS) is 25.7. The third-order valence-corrected chi connectivity index (χ3v) is 2.68. The summed E-state index contributed by atoms with van der Waals surface area (Å²) in [6, 6.07) is 5.69. The van der Waals surface area contributed by atoms with Crippen molar-refractivity contribution in [1.29, 1.82) is 0 Å². The zero-order valence-corrected chi connectivity index (χ0v) is 8.72. The predicted octanol–water partition coefficient (Wildman–Crippen LogP) is 1.71. The molecule has 0 bridgehead atoms. The van der Waals surface area contributed by atoms with E-state index in [9.17, 15) is 0 Å². The molecule has 0 aliphatic heterocycles. The monoisotopic (exact) mass is 196 g/mol. The summed E-state index contributed by atoms with van der Waals surface area (Å²) in [4.78, 5) is 4.31. The van der Waals surface area contributed by atoms with Crippen LogP contribution in [-0.4, -0.2) is 18.9 Å². The van der Waals surface area contributed by atoms with Gasteiger partial charge in [0.05, 0.1) is 13.5 Å². The highest BCUT2D eigenvalue weighted by Crippen LogP contribution is 2.33. The summed E-state index contributed by atoms with van der Waals surface area (Å²) in [6.45, 7) is 2.03. The van der Waals surface area contributed by atoms with E-state index in [1.54, 1.807) is 6.20 Å². The van der Waals surface area contributed by atoms with Crippen LogP contribution in [0.3, 0.4) is 0 Å². The molecule has 15 heavy (non-hydrogen) atoms. The van der Waals surface area contributed by atoms with Crippen LogP contribution < -0.4 is 5.73 Å². The lowest BCUT2D eigenvalue weighted by Gasteiger charge is -2.26. The second kappa shape index (κ2) is 4.03. The van der Waals surface area contributed by atoms with Gasteiger partial charge in [0, 0.05) is 12.2 Å². The Bertz CT molecular complexity index is 409. The summed E-state index contributed by atoms with van der Waals surface area (Å²) in [5.74, 6) is -0.162. The van der Waals surface area contributed by atoms with Crippen LogP contribution >= 0.6 is 0 Å². The van der Waals surface area contributed by atoms with Gasteiger partial charge < -0.3 is 5.73 Å². The van der Waals surface area contributed by atoms with E-state index in [4.69, 9.17) is 13.6 Å². The highest BCUT2D eigenvalue weighted by atomic mass is 14.7. The second-order valence-electron chi connectivity index (χ2n) is 3.77. The lowest BCUT2D eigenvalue weighted by Crippen LogP contribution is -2.27. The van der Waals surface area contributed by atoms with Crippen LogP contribution in [0, 0.1) is 0 Å². The smallest absolute Gasteiger partial charge is 0.0790 e. The molecule has 1 heterocycles. The van der Waals surface area contributed by atoms with Crippen molar-refractivity contribution in [3.8, 4) is 0 Å². The van der Waals surface area contributed by atoms with Gasteiger partial charge >= 0.3 is 0 Å². The molecule has 2 radical (unpaired) electrons. The van der Waals surface area contributed by atoms with E-state index in [1.165, 1.54) is 0 Å². The van der Waals surface area contributed by atoms with Gasteiger partial charge in [-0.1, -0.05) is 18.2 Å². The van der Waals surface area contributed by atoms with Crippen LogP contribution in [0.1, 0.15) is 12.6 Å². The molecule has 2 unspecified atom stereocenters. The van der Waals surface area contributed by atoms with E-state index in [1.807, 2.05) is 37.3 Å². The predicted molar refractivity (Wildman–Crippen MR) is 63.5 cm³/mol. The molecule has 0 fully saturated rings. The fourth-order valence-corrected chi connectivity index (χ4v) is 1.82. The van der Waals surface area contributed by atoms with Crippen LogP contribution in [0.5, 0.6) is 0 Å². The summed E-state index contributed by atoms with van der Waals surface area (Å²) >= 11 is 0. The summed E-state index contributed by atoms with van der Waals surface area (Å²) in [6.07, 6.45) is 5.72. The maximum absolute atomic E-state index is 6.07. The minimum atomic E-state index is -0.162. The SMILES string of the molecule is [B]C1C(c2ccccn2)=C(C)C=CC1N. The third kappa shape index (κ3) is 1.88. The minimum Gasteiger partial charge on any atom is -0.325 e. The molecule has 1 aromatic rings. The van der Waals surface area contributed by atoms with Gasteiger partial charge in [-0.05, 0) is 36.0 Å². The van der Waals surface area contributed by atoms with Gasteiger partial charge in [0.15, 0.2) is 0 Å². The van der Waals surface area contributed by atoms with Gasteiger partial charge in [0.2, 0.25) is 0 Å². The van der Waals surface area contributed by atoms with E-state index in [0.717, 1.165) is 16.8 Å². The van der Waals surface area contributed by atoms with Gasteiger partial charge in [0.1, 0.15) is 0 Å². The van der Waals surface area contributed by atoms with E-state index >= 15 is 0 Å². The van der Waals surface area contributed by atoms with Crippen molar-refractivity contribution in [2.75, 3.05) is 0 Å². The number of rotatable bonds is 1. The molecule has 3 heteroatoms. The zero-order chi connectivity index (χ0) is 10.8. The van der Waals surface area contributed by atoms with Crippen LogP contribution in [0.2, 0.25) is 5.82 Å². The summed E-state index contributed by atoms with van der Waals surface area (Å²) in [7, 11) is 6.07. The lowest BCUT2D eigenvalue weighted by molar-refractivity contribution is 0.825. The summed E-state index contributed by atoms with van der Waals surface area (Å²) in [5, 5.41) is 0. The third-order valence-electron chi connectivity index (χ3n) is 2.68. The first kappa shape index (κ1) is 10.2. The van der Waals surface area contributed by atoms with E-state index in [0.29, 0.717) is 0 Å². The summed E-state index contributed by atoms with van der Waals surface area (Å²) in [5.41, 5.74) is 9.00. The summed E-state index contributed by atoms with van der Waals surface area (Å²) < 4.78 is 0. The highest BCUT2D eigenvalue weighted by Gasteiger charge is 2.21. The highest BCUT2D eigenvalue weighted by molar-refractivity contribution is 6.20. The molecule has 0 aromatic carbocycles. The van der Waals surface area contributed by atoms with Crippen LogP contribution in [0.25, 0.3) is 5.57 Å². The van der Waals surface area contributed by atoms with Crippen molar-refractivity contribution in [3.63, 3.8) is 0 Å². The van der Waals surface area contributed by atoms with Gasteiger partial charge in [-0.3, -0.25) is 4.98 Å². The van der Waals surface area contributed by atoms with Crippen molar-refractivity contribution in [1.82, 2.24) is 4.98 Å². The van der Waals surface area contributed by atoms with Crippen molar-refractivity contribution in [3.05, 3.63) is 47.8 Å². The Morgan fingerprint density at radius 3 is 2.87 bits per heavy atom. The number of hydrogen-bond acceptors (Lipinski definition) is 2. The Balaban J connectivity index is 2.47. The Kier molecular flexibility index (Phi) is 2.74. The number of nitrogens with two attached hydrogens (primary N) is 1. The molecule has 2 nitrogen and oxygen atoms in total. The number of aromatic nitrogens is 1. The second-order valence-corrected chi connectivity index (χ2v) is 3.77. The molecule has 1 aliphatic carbocycles. The number of pyridine rings is 1. The van der Waals surface area contributed by atoms with E-state index in [2.05, 4.69) is 4.98 Å². The molecule has 1 aliphatic rings. The quantitative estimate of drug-likeness (QED) is 0.694. The zero-order valence-electron chi connectivity index (χ0n) is 8.72. The molecule has 2 atom stereocenters. The molecule has 1 aromatic heterocycles. The molecule has 0 spiro atoms. The standard InChI is InChI=1S/C12H13BN2/c1-8-5-6-9(14)12(13)11(8)10-4-2-3-7-15-10/h2-7,9,12H,14H2,1H3. The van der Waals surface area contributed by atoms with E-state index < -0.39 is 0 Å². The number of hydrogen-bond donors (Lipinski definition) is 1. The van der Waals surface area contributed by atoms with Crippen molar-refractivity contribution < 1.29 is 0 Å². The first-order chi connectivity index (χ1) is 7.20. The number of nitrogens with zero attached hydrogens (tertiary/aromatic N) is 1.